The van der Waals surface area contributed by atoms with E-state index < -0.39 is 5.66 Å². The lowest BCUT2D eigenvalue weighted by molar-refractivity contribution is 0.206. The fourth-order valence-corrected chi connectivity index (χ4v) is 0.892. The molecule has 4 heteroatoms. The molecule has 1 rings (SSSR count). The molecule has 11 heavy (non-hydrogen) atoms. The molecule has 0 spiro atoms. The van der Waals surface area contributed by atoms with Gasteiger partial charge in [-0.25, -0.2) is 4.79 Å². The average Bonchev–Trinajstić information content (AvgIpc) is 1.83. The van der Waals surface area contributed by atoms with Crippen LogP contribution in [0, 0.1) is 0 Å². The van der Waals surface area contributed by atoms with Crippen LogP contribution in [0.3, 0.4) is 0 Å². The summed E-state index contributed by atoms with van der Waals surface area (Å²) in [5.74, 6) is 0. The van der Waals surface area contributed by atoms with Gasteiger partial charge >= 0.3 is 6.03 Å². The van der Waals surface area contributed by atoms with Gasteiger partial charge in [0, 0.05) is 13.2 Å². The van der Waals surface area contributed by atoms with Crippen molar-refractivity contribution in [1.29, 1.82) is 0 Å². The molecule has 0 saturated carbocycles. The first kappa shape index (κ1) is 8.07. The Labute approximate surface area is 66.0 Å². The van der Waals surface area contributed by atoms with E-state index in [0.29, 0.717) is 0 Å². The molecule has 62 valence electrons. The van der Waals surface area contributed by atoms with Crippen molar-refractivity contribution in [2.75, 3.05) is 7.05 Å². The largest absolute Gasteiger partial charge is 0.322 e. The van der Waals surface area contributed by atoms with Crippen molar-refractivity contribution in [3.63, 3.8) is 0 Å². The number of carbonyl (C=O) groups excluding carboxylic acids is 1. The van der Waals surface area contributed by atoms with E-state index in [0.717, 1.165) is 5.57 Å². The van der Waals surface area contributed by atoms with Crippen molar-refractivity contribution in [2.24, 2.45) is 5.73 Å². The van der Waals surface area contributed by atoms with E-state index in [4.69, 9.17) is 5.73 Å². The van der Waals surface area contributed by atoms with Crippen molar-refractivity contribution in [3.05, 3.63) is 11.8 Å². The maximum atomic E-state index is 11.0. The third kappa shape index (κ3) is 1.35. The van der Waals surface area contributed by atoms with Crippen LogP contribution >= 0.6 is 0 Å². The fraction of sp³-hybridized carbons (Fsp3) is 0.571. The zero-order valence-corrected chi connectivity index (χ0v) is 7.01. The summed E-state index contributed by atoms with van der Waals surface area (Å²) in [6.07, 6.45) is 1.73. The summed E-state index contributed by atoms with van der Waals surface area (Å²) in [4.78, 5) is 12.5. The number of nitrogens with one attached hydrogen (secondary N) is 1. The number of amides is 2. The van der Waals surface area contributed by atoms with Crippen LogP contribution in [-0.2, 0) is 0 Å². The van der Waals surface area contributed by atoms with Crippen molar-refractivity contribution in [1.82, 2.24) is 10.2 Å². The lowest BCUT2D eigenvalue weighted by Crippen LogP contribution is -2.59. The molecular weight excluding hydrogens is 142 g/mol. The maximum Gasteiger partial charge on any atom is 0.322 e. The van der Waals surface area contributed by atoms with Gasteiger partial charge in [-0.2, -0.15) is 0 Å². The van der Waals surface area contributed by atoms with E-state index >= 15 is 0 Å². The molecule has 1 unspecified atom stereocenters. The molecule has 0 aromatic rings. The second kappa shape index (κ2) is 2.23. The monoisotopic (exact) mass is 155 g/mol. The van der Waals surface area contributed by atoms with E-state index in [9.17, 15) is 4.79 Å². The van der Waals surface area contributed by atoms with Gasteiger partial charge in [-0.3, -0.25) is 0 Å². The van der Waals surface area contributed by atoms with Crippen molar-refractivity contribution >= 4 is 6.03 Å². The summed E-state index contributed by atoms with van der Waals surface area (Å²) in [7, 11) is 1.69. The van der Waals surface area contributed by atoms with Crippen LogP contribution in [0.1, 0.15) is 13.8 Å². The third-order valence-corrected chi connectivity index (χ3v) is 1.89. The highest BCUT2D eigenvalue weighted by molar-refractivity contribution is 5.77. The highest BCUT2D eigenvalue weighted by Crippen LogP contribution is 2.14. The van der Waals surface area contributed by atoms with Gasteiger partial charge in [-0.1, -0.05) is 0 Å². The average molecular weight is 155 g/mol. The maximum absolute atomic E-state index is 11.0. The first-order valence-corrected chi connectivity index (χ1v) is 3.46. The van der Waals surface area contributed by atoms with Gasteiger partial charge in [0.15, 0.2) is 0 Å². The number of nitrogens with zero attached hydrogens (tertiary/aromatic N) is 1. The number of nitrogens with two attached hydrogens (primary N) is 1. The van der Waals surface area contributed by atoms with Crippen LogP contribution in [0.2, 0.25) is 0 Å². The van der Waals surface area contributed by atoms with E-state index in [1.807, 2.05) is 6.92 Å². The Morgan fingerprint density at radius 2 is 2.27 bits per heavy atom. The summed E-state index contributed by atoms with van der Waals surface area (Å²) in [6.45, 7) is 3.65. The first-order valence-electron chi connectivity index (χ1n) is 3.46. The molecule has 1 aliphatic rings. The predicted octanol–water partition coefficient (Wildman–Crippen LogP) is 0.220. The van der Waals surface area contributed by atoms with Gasteiger partial charge in [-0.15, -0.1) is 0 Å². The normalized spacial score (nSPS) is 31.5. The Hall–Kier alpha value is -1.03. The lowest BCUT2D eigenvalue weighted by atomic mass is 10.0. The highest BCUT2D eigenvalue weighted by atomic mass is 16.2. The van der Waals surface area contributed by atoms with Crippen LogP contribution in [0.5, 0.6) is 0 Å². The van der Waals surface area contributed by atoms with Crippen LogP contribution in [0.4, 0.5) is 4.79 Å². The first-order chi connectivity index (χ1) is 4.93. The summed E-state index contributed by atoms with van der Waals surface area (Å²) in [6, 6.07) is -0.166. The Balaban J connectivity index is 2.95. The topological polar surface area (TPSA) is 58.4 Å². The molecule has 0 bridgehead atoms. The fourth-order valence-electron chi connectivity index (χ4n) is 0.892. The summed E-state index contributed by atoms with van der Waals surface area (Å²) >= 11 is 0. The lowest BCUT2D eigenvalue weighted by Gasteiger charge is -2.34. The second-order valence-electron chi connectivity index (χ2n) is 3.06. The smallest absolute Gasteiger partial charge is 0.316 e. The molecule has 0 saturated heterocycles. The molecule has 1 atom stereocenters. The number of hydrogen-bond acceptors (Lipinski definition) is 2. The third-order valence-electron chi connectivity index (χ3n) is 1.89. The number of carbonyl (C=O) groups is 1. The van der Waals surface area contributed by atoms with Gasteiger partial charge in [0.1, 0.15) is 5.66 Å². The zero-order valence-electron chi connectivity index (χ0n) is 7.01. The van der Waals surface area contributed by atoms with Crippen molar-refractivity contribution < 1.29 is 4.79 Å². The Morgan fingerprint density at radius 1 is 1.73 bits per heavy atom. The van der Waals surface area contributed by atoms with Gasteiger partial charge < -0.3 is 16.0 Å². The highest BCUT2D eigenvalue weighted by Gasteiger charge is 2.28. The van der Waals surface area contributed by atoms with E-state index in [1.165, 1.54) is 4.90 Å². The van der Waals surface area contributed by atoms with Crippen molar-refractivity contribution in [3.8, 4) is 0 Å². The van der Waals surface area contributed by atoms with E-state index in [1.54, 1.807) is 20.2 Å². The molecule has 0 aromatic carbocycles. The standard InChI is InChI=1S/C7H13N3O/c1-5-4-10(3)6(11)9-7(5,2)8/h4H,8H2,1-3H3,(H,9,11). The number of rotatable bonds is 0. The summed E-state index contributed by atoms with van der Waals surface area (Å²) in [5, 5.41) is 2.65. The predicted molar refractivity (Wildman–Crippen MR) is 42.6 cm³/mol. The molecular formula is C7H13N3O. The van der Waals surface area contributed by atoms with Gasteiger partial charge in [-0.05, 0) is 19.4 Å². The van der Waals surface area contributed by atoms with Crippen LogP contribution in [0.15, 0.2) is 11.8 Å². The molecule has 0 fully saturated rings. The minimum absolute atomic E-state index is 0.166. The van der Waals surface area contributed by atoms with Gasteiger partial charge in [0.25, 0.3) is 0 Å². The van der Waals surface area contributed by atoms with Gasteiger partial charge in [0.2, 0.25) is 0 Å². The number of hydrogen-bond donors (Lipinski definition) is 2. The number of urea groups is 1. The summed E-state index contributed by atoms with van der Waals surface area (Å²) < 4.78 is 0. The van der Waals surface area contributed by atoms with Crippen molar-refractivity contribution in [2.45, 2.75) is 19.5 Å². The molecule has 1 heterocycles. The van der Waals surface area contributed by atoms with E-state index in [-0.39, 0.29) is 6.03 Å². The molecule has 0 aliphatic carbocycles. The minimum atomic E-state index is -0.691. The summed E-state index contributed by atoms with van der Waals surface area (Å²) in [5.41, 5.74) is 6.00. The SMILES string of the molecule is CC1=CN(C)C(=O)NC1(C)N. The Kier molecular flexibility index (Phi) is 1.64. The molecule has 0 radical (unpaired) electrons. The van der Waals surface area contributed by atoms with Crippen LogP contribution < -0.4 is 11.1 Å². The van der Waals surface area contributed by atoms with Crippen LogP contribution in [0.25, 0.3) is 0 Å². The Morgan fingerprint density at radius 3 is 2.73 bits per heavy atom. The molecule has 2 amide bonds. The zero-order chi connectivity index (χ0) is 8.65. The van der Waals surface area contributed by atoms with Crippen LogP contribution in [-0.4, -0.2) is 23.6 Å². The quantitative estimate of drug-likeness (QED) is 0.525. The molecule has 1 aliphatic heterocycles. The second-order valence-corrected chi connectivity index (χ2v) is 3.06. The molecule has 0 aromatic heterocycles. The molecule has 4 nitrogen and oxygen atoms in total. The van der Waals surface area contributed by atoms with E-state index in [2.05, 4.69) is 5.32 Å². The Bertz CT molecular complexity index is 220. The minimum Gasteiger partial charge on any atom is -0.316 e. The molecule has 3 N–H and O–H groups in total. The van der Waals surface area contributed by atoms with Gasteiger partial charge in [0.05, 0.1) is 0 Å².